The average molecular weight is 465 g/mol. The number of hydrogen-bond donors (Lipinski definition) is 2. The predicted octanol–water partition coefficient (Wildman–Crippen LogP) is 4.04. The molecule has 9 heteroatoms. The van der Waals surface area contributed by atoms with Crippen molar-refractivity contribution in [3.05, 3.63) is 53.0 Å². The van der Waals surface area contributed by atoms with Crippen molar-refractivity contribution < 1.29 is 23.0 Å². The second-order valence-corrected chi connectivity index (χ2v) is 9.02. The fraction of sp³-hybridized carbons (Fsp3) is 0.542. The number of nitrogens with two attached hydrogens (primary N) is 1. The van der Waals surface area contributed by atoms with Crippen LogP contribution < -0.4 is 15.8 Å². The van der Waals surface area contributed by atoms with Crippen molar-refractivity contribution in [3.63, 3.8) is 0 Å². The van der Waals surface area contributed by atoms with Gasteiger partial charge in [-0.3, -0.25) is 5.32 Å². The van der Waals surface area contributed by atoms with Gasteiger partial charge >= 0.3 is 0 Å². The Labute approximate surface area is 193 Å². The van der Waals surface area contributed by atoms with Crippen LogP contribution in [0.15, 0.2) is 24.3 Å². The number of rotatable bonds is 11. The summed E-state index contributed by atoms with van der Waals surface area (Å²) in [5.74, 6) is 0.0966. The first-order chi connectivity index (χ1) is 15.6. The van der Waals surface area contributed by atoms with Crippen molar-refractivity contribution >= 4 is 5.76 Å². The molecule has 2 aromatic rings. The maximum Gasteiger partial charge on any atom is 0.238 e. The van der Waals surface area contributed by atoms with Gasteiger partial charge in [-0.15, -0.1) is 0 Å². The zero-order valence-electron chi connectivity index (χ0n) is 20.1. The molecular formula is C24H34F2N4O3. The van der Waals surface area contributed by atoms with E-state index in [1.165, 1.54) is 25.3 Å². The van der Waals surface area contributed by atoms with E-state index in [1.807, 2.05) is 45.4 Å². The first-order valence-corrected chi connectivity index (χ1v) is 11.1. The van der Waals surface area contributed by atoms with Gasteiger partial charge in [0.15, 0.2) is 11.6 Å². The molecule has 0 radical (unpaired) electrons. The lowest BCUT2D eigenvalue weighted by Crippen LogP contribution is -2.46. The van der Waals surface area contributed by atoms with Crippen LogP contribution in [0, 0.1) is 17.6 Å². The molecule has 0 amide bonds. The van der Waals surface area contributed by atoms with Crippen molar-refractivity contribution in [2.75, 3.05) is 13.7 Å². The molecule has 3 unspecified atom stereocenters. The summed E-state index contributed by atoms with van der Waals surface area (Å²) in [5, 5.41) is 3.33. The monoisotopic (exact) mass is 464 g/mol. The minimum absolute atomic E-state index is 0.111. The molecule has 1 saturated heterocycles. The van der Waals surface area contributed by atoms with Crippen molar-refractivity contribution in [3.8, 4) is 5.88 Å². The highest BCUT2D eigenvalue weighted by atomic mass is 19.1. The summed E-state index contributed by atoms with van der Waals surface area (Å²) in [6, 6.07) is 3.73. The van der Waals surface area contributed by atoms with Crippen molar-refractivity contribution in [2.24, 2.45) is 18.7 Å². The van der Waals surface area contributed by atoms with E-state index in [-0.39, 0.29) is 36.0 Å². The summed E-state index contributed by atoms with van der Waals surface area (Å²) in [6.07, 6.45) is 2.22. The van der Waals surface area contributed by atoms with E-state index < -0.39 is 11.6 Å². The highest BCUT2D eigenvalue weighted by Crippen LogP contribution is 2.42. The Bertz CT molecular complexity index is 984. The van der Waals surface area contributed by atoms with Gasteiger partial charge in [-0.2, -0.15) is 4.98 Å². The Balaban J connectivity index is 1.84. The predicted molar refractivity (Wildman–Crippen MR) is 122 cm³/mol. The third-order valence-electron chi connectivity index (χ3n) is 5.71. The number of epoxide rings is 1. The molecular weight excluding hydrogens is 430 g/mol. The third-order valence-corrected chi connectivity index (χ3v) is 5.71. The lowest BCUT2D eigenvalue weighted by molar-refractivity contribution is 0.248. The van der Waals surface area contributed by atoms with E-state index in [9.17, 15) is 8.78 Å². The van der Waals surface area contributed by atoms with Crippen LogP contribution in [0.2, 0.25) is 0 Å². The zero-order valence-corrected chi connectivity index (χ0v) is 20.1. The van der Waals surface area contributed by atoms with Crippen molar-refractivity contribution in [1.29, 1.82) is 0 Å². The van der Waals surface area contributed by atoms with Crippen LogP contribution in [0.1, 0.15) is 57.3 Å². The van der Waals surface area contributed by atoms with Gasteiger partial charge < -0.3 is 24.5 Å². The zero-order chi connectivity index (χ0) is 24.3. The number of nitrogens with zero attached hydrogens (tertiary/aromatic N) is 2. The second kappa shape index (κ2) is 10.2. The minimum atomic E-state index is -0.656. The first kappa shape index (κ1) is 25.1. The third kappa shape index (κ3) is 5.90. The number of methoxy groups -OCH3 is 1. The number of halogens is 2. The minimum Gasteiger partial charge on any atom is -0.485 e. The summed E-state index contributed by atoms with van der Waals surface area (Å²) in [4.78, 5) is 4.59. The standard InChI is InChI=1S/C24H34F2N4O3/c1-7-24(4,27)13-28-23-20(33-23)19-22(31-6)29-21(30(19)5)18(11-14(2)3)32-12-15-16(25)9-8-10-17(15)26/h8-11,14,20,23,28H,7,12-13,27H2,1-6H3/b18-11+. The van der Waals surface area contributed by atoms with E-state index >= 15 is 0 Å². The van der Waals surface area contributed by atoms with Crippen LogP contribution >= 0.6 is 0 Å². The van der Waals surface area contributed by atoms with Crippen molar-refractivity contribution in [2.45, 2.75) is 58.6 Å². The van der Waals surface area contributed by atoms with Gasteiger partial charge in [-0.05, 0) is 37.5 Å². The smallest absolute Gasteiger partial charge is 0.238 e. The fourth-order valence-electron chi connectivity index (χ4n) is 3.41. The van der Waals surface area contributed by atoms with Crippen LogP contribution in [0.25, 0.3) is 5.76 Å². The highest BCUT2D eigenvalue weighted by Gasteiger charge is 2.45. The molecule has 0 bridgehead atoms. The van der Waals surface area contributed by atoms with Crippen LogP contribution in [0.5, 0.6) is 5.88 Å². The van der Waals surface area contributed by atoms with E-state index in [2.05, 4.69) is 10.3 Å². The second-order valence-electron chi connectivity index (χ2n) is 9.02. The Hall–Kier alpha value is -2.49. The largest absolute Gasteiger partial charge is 0.485 e. The quantitative estimate of drug-likeness (QED) is 0.386. The molecule has 0 saturated carbocycles. The lowest BCUT2D eigenvalue weighted by atomic mass is 10.0. The summed E-state index contributed by atoms with van der Waals surface area (Å²) in [7, 11) is 3.37. The molecule has 3 atom stereocenters. The molecule has 7 nitrogen and oxygen atoms in total. The van der Waals surface area contributed by atoms with E-state index in [0.29, 0.717) is 24.0 Å². The molecule has 182 valence electrons. The molecule has 2 heterocycles. The Morgan fingerprint density at radius 2 is 2.03 bits per heavy atom. The average Bonchev–Trinajstić information content (AvgIpc) is 3.44. The normalized spacial score (nSPS) is 20.1. The van der Waals surface area contributed by atoms with Gasteiger partial charge in [0.2, 0.25) is 5.88 Å². The number of allylic oxidation sites excluding steroid dienone is 1. The number of ether oxygens (including phenoxy) is 3. The maximum absolute atomic E-state index is 14.1. The van der Waals surface area contributed by atoms with E-state index in [4.69, 9.17) is 19.9 Å². The van der Waals surface area contributed by atoms with Gasteiger partial charge in [0.05, 0.1) is 12.7 Å². The highest BCUT2D eigenvalue weighted by molar-refractivity contribution is 5.56. The summed E-state index contributed by atoms with van der Waals surface area (Å²) < 4.78 is 47.3. The number of aromatic nitrogens is 2. The maximum atomic E-state index is 14.1. The summed E-state index contributed by atoms with van der Waals surface area (Å²) >= 11 is 0. The molecule has 0 spiro atoms. The molecule has 1 aromatic heterocycles. The number of benzene rings is 1. The number of hydrogen-bond acceptors (Lipinski definition) is 6. The molecule has 3 N–H and O–H groups in total. The molecule has 1 fully saturated rings. The SMILES string of the molecule is CCC(C)(N)CNC1OC1c1c(OC)nc(/C(=C\C(C)C)OCc2c(F)cccc2F)n1C. The molecule has 0 aliphatic carbocycles. The van der Waals surface area contributed by atoms with Crippen LogP contribution in [0.3, 0.4) is 0 Å². The topological polar surface area (TPSA) is 86.9 Å². The lowest BCUT2D eigenvalue weighted by Gasteiger charge is -2.22. The van der Waals surface area contributed by atoms with Gasteiger partial charge in [-0.1, -0.05) is 26.8 Å². The van der Waals surface area contributed by atoms with Crippen LogP contribution in [0.4, 0.5) is 8.78 Å². The molecule has 1 aromatic carbocycles. The molecule has 3 rings (SSSR count). The Morgan fingerprint density at radius 1 is 1.36 bits per heavy atom. The van der Waals surface area contributed by atoms with Crippen LogP contribution in [-0.4, -0.2) is 35.0 Å². The molecule has 1 aliphatic heterocycles. The van der Waals surface area contributed by atoms with Gasteiger partial charge in [0.25, 0.3) is 0 Å². The van der Waals surface area contributed by atoms with E-state index in [0.717, 1.165) is 12.1 Å². The fourth-order valence-corrected chi connectivity index (χ4v) is 3.41. The van der Waals surface area contributed by atoms with Gasteiger partial charge in [0, 0.05) is 19.1 Å². The van der Waals surface area contributed by atoms with Gasteiger partial charge in [-0.25, -0.2) is 8.78 Å². The van der Waals surface area contributed by atoms with Gasteiger partial charge in [0.1, 0.15) is 36.3 Å². The van der Waals surface area contributed by atoms with E-state index in [1.54, 1.807) is 0 Å². The molecule has 1 aliphatic rings. The summed E-state index contributed by atoms with van der Waals surface area (Å²) in [6.45, 7) is 8.33. The Morgan fingerprint density at radius 3 is 2.61 bits per heavy atom. The summed E-state index contributed by atoms with van der Waals surface area (Å²) in [5.41, 5.74) is 6.50. The van der Waals surface area contributed by atoms with Crippen LogP contribution in [-0.2, 0) is 23.1 Å². The molecule has 33 heavy (non-hydrogen) atoms. The number of imidazole rings is 1. The number of nitrogens with one attached hydrogen (secondary N) is 1. The Kier molecular flexibility index (Phi) is 7.76. The first-order valence-electron chi connectivity index (χ1n) is 11.1. The van der Waals surface area contributed by atoms with Crippen molar-refractivity contribution in [1.82, 2.24) is 14.9 Å².